The molecule has 0 bridgehead atoms. The van der Waals surface area contributed by atoms with Crippen molar-refractivity contribution in [1.29, 1.82) is 0 Å². The summed E-state index contributed by atoms with van der Waals surface area (Å²) in [6.07, 6.45) is 0.946. The number of ether oxygens (including phenoxy) is 2. The zero-order valence-corrected chi connectivity index (χ0v) is 11.5. The molecule has 100 valence electrons. The summed E-state index contributed by atoms with van der Waals surface area (Å²) in [7, 11) is 0. The molecule has 4 nitrogen and oxygen atoms in total. The first-order valence-corrected chi connectivity index (χ1v) is 6.05. The average molecular weight is 306 g/mol. The van der Waals surface area contributed by atoms with Gasteiger partial charge in [-0.25, -0.2) is 4.79 Å². The Bertz CT molecular complexity index is 250. The molecule has 17 heavy (non-hydrogen) atoms. The fourth-order valence-electron chi connectivity index (χ4n) is 0.885. The number of halogens is 3. The van der Waals surface area contributed by atoms with Crippen LogP contribution >= 0.6 is 34.8 Å². The van der Waals surface area contributed by atoms with Crippen LogP contribution in [-0.2, 0) is 14.3 Å². The highest BCUT2D eigenvalue weighted by atomic mass is 35.6. The van der Waals surface area contributed by atoms with Crippen molar-refractivity contribution in [3.63, 3.8) is 0 Å². The van der Waals surface area contributed by atoms with Crippen LogP contribution in [0.2, 0.25) is 0 Å². The van der Waals surface area contributed by atoms with Crippen LogP contribution in [0.3, 0.4) is 0 Å². The van der Waals surface area contributed by atoms with Gasteiger partial charge in [0.15, 0.2) is 3.79 Å². The quantitative estimate of drug-likeness (QED) is 0.404. The normalized spacial score (nSPS) is 11.5. The van der Waals surface area contributed by atoms with Gasteiger partial charge in [0.25, 0.3) is 0 Å². The van der Waals surface area contributed by atoms with Crippen LogP contribution in [0.4, 0.5) is 0 Å². The fourth-order valence-corrected chi connectivity index (χ4v) is 1.17. The van der Waals surface area contributed by atoms with E-state index in [9.17, 15) is 4.79 Å². The second kappa shape index (κ2) is 9.00. The molecule has 0 aromatic rings. The van der Waals surface area contributed by atoms with Crippen LogP contribution < -0.4 is 0 Å². The molecule has 0 spiro atoms. The molecule has 0 atom stereocenters. The number of carboxylic acid groups (broad SMARTS) is 1. The zero-order chi connectivity index (χ0) is 13.3. The van der Waals surface area contributed by atoms with Crippen molar-refractivity contribution in [3.05, 3.63) is 12.2 Å². The molecule has 1 N–H and O–H groups in total. The molecule has 0 saturated heterocycles. The Morgan fingerprint density at radius 2 is 1.71 bits per heavy atom. The highest BCUT2D eigenvalue weighted by Gasteiger charge is 2.18. The largest absolute Gasteiger partial charge is 0.480 e. The highest BCUT2D eigenvalue weighted by molar-refractivity contribution is 6.67. The van der Waals surface area contributed by atoms with Crippen molar-refractivity contribution in [3.8, 4) is 0 Å². The molecule has 0 radical (unpaired) electrons. The molecule has 0 aliphatic carbocycles. The summed E-state index contributed by atoms with van der Waals surface area (Å²) >= 11 is 16.7. The Kier molecular flexibility index (Phi) is 9.00. The molecule has 0 fully saturated rings. The van der Waals surface area contributed by atoms with Gasteiger partial charge < -0.3 is 14.6 Å². The minimum Gasteiger partial charge on any atom is -0.480 e. The third-order valence-electron chi connectivity index (χ3n) is 1.67. The van der Waals surface area contributed by atoms with E-state index in [1.807, 2.05) is 0 Å². The minimum atomic E-state index is -1.27. The van der Waals surface area contributed by atoms with E-state index < -0.39 is 9.76 Å². The summed E-state index contributed by atoms with van der Waals surface area (Å²) in [6.45, 7) is 4.32. The summed E-state index contributed by atoms with van der Waals surface area (Å²) < 4.78 is 8.70. The van der Waals surface area contributed by atoms with E-state index in [-0.39, 0.29) is 13.2 Å². The van der Waals surface area contributed by atoms with Crippen LogP contribution in [0, 0.1) is 0 Å². The first kappa shape index (κ1) is 17.0. The second-order valence-electron chi connectivity index (χ2n) is 3.36. The molecule has 0 unspecified atom stereocenters. The van der Waals surface area contributed by atoms with E-state index in [0.717, 1.165) is 5.57 Å². The Hall–Kier alpha value is -0.000000000000000222. The molecule has 0 aromatic carbocycles. The Labute approximate surface area is 115 Å². The monoisotopic (exact) mass is 304 g/mol. The molecule has 0 rings (SSSR count). The maximum absolute atomic E-state index is 10.1. The van der Waals surface area contributed by atoms with E-state index in [2.05, 4.69) is 6.58 Å². The van der Waals surface area contributed by atoms with Gasteiger partial charge in [-0.3, -0.25) is 0 Å². The van der Waals surface area contributed by atoms with E-state index in [4.69, 9.17) is 49.4 Å². The molecule has 0 aromatic heterocycles. The summed E-state index contributed by atoms with van der Waals surface area (Å²) in [5.74, 6) is -1.00. The molecule has 0 saturated carbocycles. The van der Waals surface area contributed by atoms with Crippen molar-refractivity contribution in [2.24, 2.45) is 0 Å². The van der Waals surface area contributed by atoms with Gasteiger partial charge in [-0.05, 0) is 12.8 Å². The van der Waals surface area contributed by atoms with Crippen molar-refractivity contribution in [1.82, 2.24) is 0 Å². The first-order chi connectivity index (χ1) is 7.81. The summed E-state index contributed by atoms with van der Waals surface area (Å²) in [6, 6.07) is 0. The highest BCUT2D eigenvalue weighted by Crippen LogP contribution is 2.32. The average Bonchev–Trinajstić information content (AvgIpc) is 2.19. The summed E-state index contributed by atoms with van der Waals surface area (Å²) in [5, 5.41) is 8.29. The van der Waals surface area contributed by atoms with Crippen molar-refractivity contribution >= 4 is 40.8 Å². The lowest BCUT2D eigenvalue weighted by atomic mass is 10.2. The van der Waals surface area contributed by atoms with Crippen LogP contribution in [0.1, 0.15) is 12.8 Å². The Morgan fingerprint density at radius 3 is 2.18 bits per heavy atom. The van der Waals surface area contributed by atoms with Gasteiger partial charge >= 0.3 is 5.97 Å². The third kappa shape index (κ3) is 13.9. The predicted octanol–water partition coefficient (Wildman–Crippen LogP) is 2.81. The summed E-state index contributed by atoms with van der Waals surface area (Å²) in [4.78, 5) is 10.1. The molecule has 0 amide bonds. The van der Waals surface area contributed by atoms with Crippen molar-refractivity contribution in [2.45, 2.75) is 16.6 Å². The maximum atomic E-state index is 10.1. The SMILES string of the molecule is C=C(CCC(Cl)(Cl)Cl)COCCOCC(=O)O. The molecular weight excluding hydrogens is 290 g/mol. The second-order valence-corrected chi connectivity index (χ2v) is 5.88. The van der Waals surface area contributed by atoms with Gasteiger partial charge in [-0.15, -0.1) is 0 Å². The van der Waals surface area contributed by atoms with Crippen LogP contribution in [0.5, 0.6) is 0 Å². The zero-order valence-electron chi connectivity index (χ0n) is 9.26. The van der Waals surface area contributed by atoms with Gasteiger partial charge in [0, 0.05) is 0 Å². The van der Waals surface area contributed by atoms with E-state index in [1.54, 1.807) is 0 Å². The van der Waals surface area contributed by atoms with Crippen LogP contribution in [0.15, 0.2) is 12.2 Å². The smallest absolute Gasteiger partial charge is 0.329 e. The topological polar surface area (TPSA) is 55.8 Å². The lowest BCUT2D eigenvalue weighted by Gasteiger charge is -2.12. The number of alkyl halides is 3. The van der Waals surface area contributed by atoms with Crippen molar-refractivity contribution < 1.29 is 19.4 Å². The Morgan fingerprint density at radius 1 is 1.18 bits per heavy atom. The number of aliphatic carboxylic acids is 1. The van der Waals surface area contributed by atoms with Crippen LogP contribution in [-0.4, -0.2) is 41.3 Å². The van der Waals surface area contributed by atoms with Crippen LogP contribution in [0.25, 0.3) is 0 Å². The lowest BCUT2D eigenvalue weighted by molar-refractivity contribution is -0.142. The fraction of sp³-hybridized carbons (Fsp3) is 0.700. The van der Waals surface area contributed by atoms with Gasteiger partial charge in [-0.1, -0.05) is 47.0 Å². The standard InChI is InChI=1S/C10H15Cl3O4/c1-8(2-3-10(11,12)13)6-16-4-5-17-7-9(14)15/h1-7H2,(H,14,15). The van der Waals surface area contributed by atoms with E-state index >= 15 is 0 Å². The molecule has 7 heteroatoms. The maximum Gasteiger partial charge on any atom is 0.329 e. The van der Waals surface area contributed by atoms with Gasteiger partial charge in [0.05, 0.1) is 19.8 Å². The van der Waals surface area contributed by atoms with Gasteiger partial charge in [-0.2, -0.15) is 0 Å². The van der Waals surface area contributed by atoms with Crippen molar-refractivity contribution in [2.75, 3.05) is 26.4 Å². The number of hydrogen-bond donors (Lipinski definition) is 1. The predicted molar refractivity (Wildman–Crippen MR) is 67.9 cm³/mol. The molecular formula is C10H15Cl3O4. The molecule has 0 aliphatic rings. The molecule has 0 aliphatic heterocycles. The minimum absolute atomic E-state index is 0.226. The van der Waals surface area contributed by atoms with Gasteiger partial charge in [0.1, 0.15) is 6.61 Å². The first-order valence-electron chi connectivity index (χ1n) is 4.92. The number of rotatable bonds is 9. The lowest BCUT2D eigenvalue weighted by Crippen LogP contribution is -2.12. The Balaban J connectivity index is 3.37. The third-order valence-corrected chi connectivity index (χ3v) is 2.23. The van der Waals surface area contributed by atoms with E-state index in [1.165, 1.54) is 0 Å². The number of carbonyl (C=O) groups is 1. The van der Waals surface area contributed by atoms with Gasteiger partial charge in [0.2, 0.25) is 0 Å². The number of carboxylic acids is 1. The molecule has 0 heterocycles. The number of hydrogen-bond acceptors (Lipinski definition) is 3. The summed E-state index contributed by atoms with van der Waals surface area (Å²) in [5.41, 5.74) is 0.814. The van der Waals surface area contributed by atoms with E-state index in [0.29, 0.717) is 26.1 Å².